The number of rotatable bonds is 9. The first-order valence-electron chi connectivity index (χ1n) is 11.9. The molecule has 4 rings (SSSR count). The predicted molar refractivity (Wildman–Crippen MR) is 136 cm³/mol. The van der Waals surface area contributed by atoms with E-state index in [0.717, 1.165) is 18.4 Å². The maximum absolute atomic E-state index is 12.6. The summed E-state index contributed by atoms with van der Waals surface area (Å²) in [5.41, 5.74) is 2.57. The molecule has 1 unspecified atom stereocenters. The van der Waals surface area contributed by atoms with Gasteiger partial charge in [-0.2, -0.15) is 8.42 Å². The van der Waals surface area contributed by atoms with Crippen molar-refractivity contribution in [2.45, 2.75) is 63.6 Å². The average Bonchev–Trinajstić information content (AvgIpc) is 3.67. The van der Waals surface area contributed by atoms with Crippen LogP contribution in [0.25, 0.3) is 0 Å². The van der Waals surface area contributed by atoms with Gasteiger partial charge in [0.15, 0.2) is 0 Å². The number of carbonyl (C=O) groups excluding carboxylic acids is 1. The number of ether oxygens (including phenoxy) is 1. The minimum absolute atomic E-state index is 0.258. The lowest BCUT2D eigenvalue weighted by Gasteiger charge is -2.21. The normalized spacial score (nSPS) is 14.9. The Morgan fingerprint density at radius 1 is 1.08 bits per heavy atom. The highest BCUT2D eigenvalue weighted by Gasteiger charge is 2.31. The molecule has 1 saturated carbocycles. The minimum atomic E-state index is -3.88. The molecule has 3 aromatic rings. The Kier molecular flexibility index (Phi) is 7.59. The number of aliphatic hydroxyl groups is 1. The van der Waals surface area contributed by atoms with Crippen LogP contribution in [0.2, 0.25) is 0 Å². The highest BCUT2D eigenvalue weighted by Crippen LogP contribution is 2.44. The number of esters is 1. The molecule has 0 spiro atoms. The van der Waals surface area contributed by atoms with Gasteiger partial charge in [-0.25, -0.2) is 4.79 Å². The summed E-state index contributed by atoms with van der Waals surface area (Å²) in [6, 6.07) is 17.3. The van der Waals surface area contributed by atoms with E-state index >= 15 is 0 Å². The molecular weight excluding hydrogens is 478 g/mol. The number of nitrogens with zero attached hydrogens (tertiary/aromatic N) is 1. The molecule has 36 heavy (non-hydrogen) atoms. The SMILES string of the molecule is CC(C)(C)OC(=O)c1cccc(C(O)c2c(C3CC3)ccnc2COS(=O)(=O)Cc2ccccc2)c1. The Morgan fingerprint density at radius 2 is 1.81 bits per heavy atom. The van der Waals surface area contributed by atoms with Crippen LogP contribution >= 0.6 is 0 Å². The molecule has 1 atom stereocenters. The van der Waals surface area contributed by atoms with Crippen molar-refractivity contribution in [2.24, 2.45) is 0 Å². The Hall–Kier alpha value is -3.07. The van der Waals surface area contributed by atoms with Gasteiger partial charge in [0, 0.05) is 11.8 Å². The van der Waals surface area contributed by atoms with Crippen LogP contribution in [0.3, 0.4) is 0 Å². The lowest BCUT2D eigenvalue weighted by Crippen LogP contribution is -2.24. The molecule has 1 N–H and O–H groups in total. The molecule has 190 valence electrons. The Morgan fingerprint density at radius 3 is 2.47 bits per heavy atom. The molecule has 0 saturated heterocycles. The Labute approximate surface area is 212 Å². The zero-order valence-corrected chi connectivity index (χ0v) is 21.5. The van der Waals surface area contributed by atoms with E-state index in [1.165, 1.54) is 0 Å². The molecule has 0 bridgehead atoms. The topological polar surface area (TPSA) is 103 Å². The first kappa shape index (κ1) is 26.0. The van der Waals surface area contributed by atoms with Crippen molar-refractivity contribution in [1.82, 2.24) is 4.98 Å². The Balaban J connectivity index is 1.61. The van der Waals surface area contributed by atoms with Gasteiger partial charge in [0.25, 0.3) is 10.1 Å². The summed E-state index contributed by atoms with van der Waals surface area (Å²) in [5, 5.41) is 11.4. The highest BCUT2D eigenvalue weighted by atomic mass is 32.2. The molecule has 0 radical (unpaired) electrons. The maximum Gasteiger partial charge on any atom is 0.338 e. The summed E-state index contributed by atoms with van der Waals surface area (Å²) in [5.74, 6) is -0.474. The quantitative estimate of drug-likeness (QED) is 0.318. The second-order valence-corrected chi connectivity index (χ2v) is 11.7. The van der Waals surface area contributed by atoms with E-state index in [-0.39, 0.29) is 18.3 Å². The number of carbonyl (C=O) groups is 1. The summed E-state index contributed by atoms with van der Waals surface area (Å²) < 4.78 is 36.1. The summed E-state index contributed by atoms with van der Waals surface area (Å²) in [6.45, 7) is 5.08. The van der Waals surface area contributed by atoms with Crippen molar-refractivity contribution in [3.05, 3.63) is 100 Å². The minimum Gasteiger partial charge on any atom is -0.456 e. The summed E-state index contributed by atoms with van der Waals surface area (Å²) in [6.07, 6.45) is 2.46. The van der Waals surface area contributed by atoms with Crippen LogP contribution in [0.15, 0.2) is 66.9 Å². The first-order chi connectivity index (χ1) is 17.0. The summed E-state index contributed by atoms with van der Waals surface area (Å²) in [4.78, 5) is 17.0. The van der Waals surface area contributed by atoms with E-state index in [1.807, 2.05) is 12.1 Å². The molecule has 0 amide bonds. The third-order valence-electron chi connectivity index (χ3n) is 5.80. The van der Waals surface area contributed by atoms with Gasteiger partial charge in [0.2, 0.25) is 0 Å². The average molecular weight is 510 g/mol. The zero-order valence-electron chi connectivity index (χ0n) is 20.7. The van der Waals surface area contributed by atoms with Gasteiger partial charge in [-0.05, 0) is 74.4 Å². The zero-order chi connectivity index (χ0) is 25.9. The van der Waals surface area contributed by atoms with Gasteiger partial charge in [-0.1, -0.05) is 42.5 Å². The van der Waals surface area contributed by atoms with Crippen LogP contribution in [-0.2, 0) is 31.4 Å². The van der Waals surface area contributed by atoms with Gasteiger partial charge in [0.1, 0.15) is 24.1 Å². The molecule has 8 heteroatoms. The Bertz CT molecular complexity index is 1330. The van der Waals surface area contributed by atoms with E-state index in [1.54, 1.807) is 75.5 Å². The largest absolute Gasteiger partial charge is 0.456 e. The van der Waals surface area contributed by atoms with Gasteiger partial charge in [0.05, 0.1) is 11.3 Å². The molecule has 1 heterocycles. The van der Waals surface area contributed by atoms with Crippen molar-refractivity contribution in [2.75, 3.05) is 0 Å². The van der Waals surface area contributed by atoms with E-state index in [0.29, 0.717) is 27.9 Å². The van der Waals surface area contributed by atoms with Crippen molar-refractivity contribution >= 4 is 16.1 Å². The fourth-order valence-corrected chi connectivity index (χ4v) is 4.99. The van der Waals surface area contributed by atoms with Gasteiger partial charge in [-0.15, -0.1) is 0 Å². The van der Waals surface area contributed by atoms with E-state index < -0.39 is 27.8 Å². The second-order valence-electron chi connectivity index (χ2n) is 10.0. The van der Waals surface area contributed by atoms with E-state index in [2.05, 4.69) is 4.98 Å². The summed E-state index contributed by atoms with van der Waals surface area (Å²) >= 11 is 0. The highest BCUT2D eigenvalue weighted by molar-refractivity contribution is 7.85. The molecular formula is C28H31NO6S. The predicted octanol–water partition coefficient (Wildman–Crippen LogP) is 5.04. The molecule has 7 nitrogen and oxygen atoms in total. The third kappa shape index (κ3) is 6.78. The van der Waals surface area contributed by atoms with Crippen molar-refractivity contribution < 1.29 is 27.2 Å². The monoisotopic (exact) mass is 509 g/mol. The molecule has 0 aliphatic heterocycles. The third-order valence-corrected chi connectivity index (χ3v) is 6.96. The second kappa shape index (κ2) is 10.5. The van der Waals surface area contributed by atoms with Crippen molar-refractivity contribution in [3.63, 3.8) is 0 Å². The number of aliphatic hydroxyl groups excluding tert-OH is 1. The number of hydrogen-bond acceptors (Lipinski definition) is 7. The standard InChI is InChI=1S/C28H31NO6S/c1-28(2,3)35-27(31)22-11-7-10-21(16-22)26(30)25-23(20-12-13-20)14-15-29-24(25)17-34-36(32,33)18-19-8-5-4-6-9-19/h4-11,14-16,20,26,30H,12-13,17-18H2,1-3H3. The fourth-order valence-electron chi connectivity index (χ4n) is 4.02. The summed E-state index contributed by atoms with van der Waals surface area (Å²) in [7, 11) is -3.88. The smallest absolute Gasteiger partial charge is 0.338 e. The number of pyridine rings is 1. The molecule has 1 aliphatic rings. The van der Waals surface area contributed by atoms with Gasteiger partial charge >= 0.3 is 5.97 Å². The first-order valence-corrected chi connectivity index (χ1v) is 13.5. The molecule has 2 aromatic carbocycles. The number of aromatic nitrogens is 1. The van der Waals surface area contributed by atoms with Crippen molar-refractivity contribution in [3.8, 4) is 0 Å². The van der Waals surface area contributed by atoms with Crippen LogP contribution in [0, 0.1) is 0 Å². The molecule has 1 aliphatic carbocycles. The van der Waals surface area contributed by atoms with Crippen LogP contribution in [0.1, 0.15) is 83.9 Å². The molecule has 1 fully saturated rings. The number of benzene rings is 2. The number of hydrogen-bond donors (Lipinski definition) is 1. The van der Waals surface area contributed by atoms with Crippen LogP contribution in [-0.4, -0.2) is 30.1 Å². The molecule has 1 aromatic heterocycles. The van der Waals surface area contributed by atoms with Gasteiger partial charge < -0.3 is 9.84 Å². The van der Waals surface area contributed by atoms with Crippen molar-refractivity contribution in [1.29, 1.82) is 0 Å². The van der Waals surface area contributed by atoms with Gasteiger partial charge in [-0.3, -0.25) is 9.17 Å². The lowest BCUT2D eigenvalue weighted by molar-refractivity contribution is 0.00692. The maximum atomic E-state index is 12.6. The fraction of sp³-hybridized carbons (Fsp3) is 0.357. The van der Waals surface area contributed by atoms with E-state index in [4.69, 9.17) is 8.92 Å². The van der Waals surface area contributed by atoms with E-state index in [9.17, 15) is 18.3 Å². The van der Waals surface area contributed by atoms with Crippen LogP contribution in [0.4, 0.5) is 0 Å². The van der Waals surface area contributed by atoms with Crippen LogP contribution in [0.5, 0.6) is 0 Å². The van der Waals surface area contributed by atoms with Crippen LogP contribution < -0.4 is 0 Å². The lowest BCUT2D eigenvalue weighted by atomic mass is 9.92.